The molecule has 2 N–H and O–H groups in total. The van der Waals surface area contributed by atoms with Crippen LogP contribution in [0.15, 0.2) is 35.1 Å². The number of benzene rings is 1. The van der Waals surface area contributed by atoms with Gasteiger partial charge in [0, 0.05) is 36.6 Å². The minimum atomic E-state index is -0.241. The number of rotatable bonds is 3. The Balaban J connectivity index is 2.08. The zero-order chi connectivity index (χ0) is 14.1. The molecule has 0 atom stereocenters. The van der Waals surface area contributed by atoms with E-state index in [4.69, 9.17) is 0 Å². The molecule has 1 saturated heterocycles. The maximum atomic E-state index is 12.7. The minimum Gasteiger partial charge on any atom is -0.333 e. The van der Waals surface area contributed by atoms with Crippen LogP contribution < -0.4 is 10.9 Å². The first kappa shape index (κ1) is 12.9. The Kier molecular flexibility index (Phi) is 3.28. The van der Waals surface area contributed by atoms with Gasteiger partial charge in [-0.05, 0) is 13.0 Å². The summed E-state index contributed by atoms with van der Waals surface area (Å²) in [5.74, 6) is -0.0682. The number of fused-ring (bicyclic) bond motifs is 1. The fourth-order valence-corrected chi connectivity index (χ4v) is 2.60. The Labute approximate surface area is 116 Å². The second kappa shape index (κ2) is 5.09. The molecule has 0 aliphatic carbocycles. The number of H-pyrrole nitrogens is 1. The number of nitrogens with zero attached hydrogens (tertiary/aromatic N) is 1. The maximum Gasteiger partial charge on any atom is 0.255 e. The van der Waals surface area contributed by atoms with Crippen LogP contribution in [-0.4, -0.2) is 41.5 Å². The lowest BCUT2D eigenvalue weighted by atomic mass is 10.0. The average molecular weight is 271 g/mol. The van der Waals surface area contributed by atoms with E-state index in [2.05, 4.69) is 10.3 Å². The summed E-state index contributed by atoms with van der Waals surface area (Å²) in [5.41, 5.74) is 0.944. The zero-order valence-electron chi connectivity index (χ0n) is 11.3. The van der Waals surface area contributed by atoms with Gasteiger partial charge in [0.05, 0.1) is 11.6 Å². The van der Waals surface area contributed by atoms with Crippen LogP contribution in [0.5, 0.6) is 0 Å². The number of hydrogen-bond acceptors (Lipinski definition) is 3. The van der Waals surface area contributed by atoms with Crippen molar-refractivity contribution < 1.29 is 4.79 Å². The van der Waals surface area contributed by atoms with Crippen molar-refractivity contribution in [2.45, 2.75) is 13.0 Å². The minimum absolute atomic E-state index is 0.0682. The highest BCUT2D eigenvalue weighted by Crippen LogP contribution is 2.18. The summed E-state index contributed by atoms with van der Waals surface area (Å²) in [6.07, 6.45) is 0. The van der Waals surface area contributed by atoms with Gasteiger partial charge in [-0.25, -0.2) is 0 Å². The molecule has 1 aliphatic heterocycles. The number of carbonyl (C=O) groups is 1. The molecule has 0 bridgehead atoms. The molecule has 0 saturated carbocycles. The van der Waals surface area contributed by atoms with Crippen LogP contribution in [-0.2, 0) is 0 Å². The van der Waals surface area contributed by atoms with Gasteiger partial charge in [0.25, 0.3) is 5.91 Å². The number of para-hydroxylation sites is 1. The van der Waals surface area contributed by atoms with Crippen molar-refractivity contribution in [3.63, 3.8) is 0 Å². The Morgan fingerprint density at radius 3 is 2.75 bits per heavy atom. The lowest BCUT2D eigenvalue weighted by Gasteiger charge is -2.37. The average Bonchev–Trinajstić information content (AvgIpc) is 2.40. The summed E-state index contributed by atoms with van der Waals surface area (Å²) in [5, 5.41) is 3.96. The summed E-state index contributed by atoms with van der Waals surface area (Å²) in [7, 11) is 0. The van der Waals surface area contributed by atoms with E-state index in [0.717, 1.165) is 18.5 Å². The number of nitrogens with one attached hydrogen (secondary N) is 2. The Morgan fingerprint density at radius 1 is 1.35 bits per heavy atom. The van der Waals surface area contributed by atoms with Crippen molar-refractivity contribution in [1.29, 1.82) is 0 Å². The predicted molar refractivity (Wildman–Crippen MR) is 77.9 cm³/mol. The number of likely N-dealkylation sites (N-methyl/N-ethyl adjacent to an activating group) is 1. The number of aromatic amines is 1. The molecule has 3 rings (SSSR count). The predicted octanol–water partition coefficient (Wildman–Crippen LogP) is 0.962. The van der Waals surface area contributed by atoms with Gasteiger partial charge in [-0.3, -0.25) is 9.59 Å². The molecule has 1 amide bonds. The van der Waals surface area contributed by atoms with Gasteiger partial charge >= 0.3 is 0 Å². The van der Waals surface area contributed by atoms with Crippen molar-refractivity contribution in [1.82, 2.24) is 15.2 Å². The Bertz CT molecular complexity index is 704. The summed E-state index contributed by atoms with van der Waals surface area (Å²) in [4.78, 5) is 29.0. The highest BCUT2D eigenvalue weighted by molar-refractivity contribution is 6.06. The SMILES string of the molecule is CCN(C(=O)c1cc(=O)[nH]c2ccccc12)C1CNC1. The standard InChI is InChI=1S/C15H17N3O2/c1-2-18(10-8-16-9-10)15(20)12-7-14(19)17-13-6-4-3-5-11(12)13/h3-7,10,16H,2,8-9H2,1H3,(H,17,19). The molecule has 1 aromatic heterocycles. The van der Waals surface area contributed by atoms with Crippen molar-refractivity contribution in [2.24, 2.45) is 0 Å². The first-order chi connectivity index (χ1) is 9.70. The first-order valence-corrected chi connectivity index (χ1v) is 6.84. The summed E-state index contributed by atoms with van der Waals surface area (Å²) in [6, 6.07) is 9.03. The van der Waals surface area contributed by atoms with E-state index in [0.29, 0.717) is 17.6 Å². The van der Waals surface area contributed by atoms with Crippen LogP contribution in [0.25, 0.3) is 10.9 Å². The molecule has 20 heavy (non-hydrogen) atoms. The largest absolute Gasteiger partial charge is 0.333 e. The smallest absolute Gasteiger partial charge is 0.255 e. The van der Waals surface area contributed by atoms with Gasteiger partial charge in [-0.2, -0.15) is 0 Å². The van der Waals surface area contributed by atoms with E-state index in [9.17, 15) is 9.59 Å². The lowest BCUT2D eigenvalue weighted by Crippen LogP contribution is -2.58. The third-order valence-electron chi connectivity index (χ3n) is 3.78. The Morgan fingerprint density at radius 2 is 2.10 bits per heavy atom. The van der Waals surface area contributed by atoms with E-state index in [1.165, 1.54) is 6.07 Å². The number of pyridine rings is 1. The van der Waals surface area contributed by atoms with Crippen molar-refractivity contribution >= 4 is 16.8 Å². The number of amides is 1. The van der Waals surface area contributed by atoms with Gasteiger partial charge < -0.3 is 15.2 Å². The van der Waals surface area contributed by atoms with Crippen LogP contribution in [0.2, 0.25) is 0 Å². The van der Waals surface area contributed by atoms with Crippen LogP contribution in [0.4, 0.5) is 0 Å². The maximum absolute atomic E-state index is 12.7. The highest BCUT2D eigenvalue weighted by atomic mass is 16.2. The second-order valence-electron chi connectivity index (χ2n) is 5.00. The monoisotopic (exact) mass is 271 g/mol. The molecule has 1 aromatic carbocycles. The van der Waals surface area contributed by atoms with E-state index < -0.39 is 0 Å². The van der Waals surface area contributed by atoms with E-state index in [1.807, 2.05) is 36.1 Å². The molecule has 0 spiro atoms. The van der Waals surface area contributed by atoms with Crippen LogP contribution in [0.1, 0.15) is 17.3 Å². The van der Waals surface area contributed by atoms with E-state index >= 15 is 0 Å². The summed E-state index contributed by atoms with van der Waals surface area (Å²) >= 11 is 0. The van der Waals surface area contributed by atoms with E-state index in [-0.39, 0.29) is 17.5 Å². The van der Waals surface area contributed by atoms with Gasteiger partial charge in [0.15, 0.2) is 0 Å². The van der Waals surface area contributed by atoms with Crippen LogP contribution in [0, 0.1) is 0 Å². The Hall–Kier alpha value is -2.14. The van der Waals surface area contributed by atoms with Crippen LogP contribution in [0.3, 0.4) is 0 Å². The van der Waals surface area contributed by atoms with E-state index in [1.54, 1.807) is 0 Å². The van der Waals surface area contributed by atoms with Crippen LogP contribution >= 0.6 is 0 Å². The van der Waals surface area contributed by atoms with Gasteiger partial charge in [-0.15, -0.1) is 0 Å². The molecule has 2 heterocycles. The zero-order valence-corrected chi connectivity index (χ0v) is 11.3. The molecule has 1 fully saturated rings. The molecule has 5 heteroatoms. The number of hydrogen-bond donors (Lipinski definition) is 2. The molecular weight excluding hydrogens is 254 g/mol. The molecule has 0 unspecified atom stereocenters. The molecule has 1 aliphatic rings. The quantitative estimate of drug-likeness (QED) is 0.874. The van der Waals surface area contributed by atoms with Crippen molar-refractivity contribution in [2.75, 3.05) is 19.6 Å². The fourth-order valence-electron chi connectivity index (χ4n) is 2.60. The van der Waals surface area contributed by atoms with Gasteiger partial charge in [0.1, 0.15) is 0 Å². The topological polar surface area (TPSA) is 65.2 Å². The summed E-state index contributed by atoms with van der Waals surface area (Å²) in [6.45, 7) is 4.25. The molecule has 104 valence electrons. The molecule has 0 radical (unpaired) electrons. The van der Waals surface area contributed by atoms with Gasteiger partial charge in [0.2, 0.25) is 5.56 Å². The molecule has 5 nitrogen and oxygen atoms in total. The third kappa shape index (κ3) is 2.10. The molecule has 2 aromatic rings. The van der Waals surface area contributed by atoms with Crippen molar-refractivity contribution in [3.8, 4) is 0 Å². The number of carbonyl (C=O) groups excluding carboxylic acids is 1. The second-order valence-corrected chi connectivity index (χ2v) is 5.00. The first-order valence-electron chi connectivity index (χ1n) is 6.84. The third-order valence-corrected chi connectivity index (χ3v) is 3.78. The molecular formula is C15H17N3O2. The summed E-state index contributed by atoms with van der Waals surface area (Å²) < 4.78 is 0. The lowest BCUT2D eigenvalue weighted by molar-refractivity contribution is 0.0632. The van der Waals surface area contributed by atoms with Crippen molar-refractivity contribution in [3.05, 3.63) is 46.2 Å². The fraction of sp³-hybridized carbons (Fsp3) is 0.333. The highest BCUT2D eigenvalue weighted by Gasteiger charge is 2.28. The normalized spacial score (nSPS) is 15.1. The van der Waals surface area contributed by atoms with Gasteiger partial charge in [-0.1, -0.05) is 18.2 Å². The number of aromatic nitrogens is 1.